The van der Waals surface area contributed by atoms with Crippen LogP contribution in [0.1, 0.15) is 31.2 Å². The highest BCUT2D eigenvalue weighted by molar-refractivity contribution is 9.10. The van der Waals surface area contributed by atoms with E-state index in [0.29, 0.717) is 12.1 Å². The van der Waals surface area contributed by atoms with E-state index >= 15 is 0 Å². The van der Waals surface area contributed by atoms with Crippen LogP contribution in [0.5, 0.6) is 0 Å². The molecule has 0 amide bonds. The molecule has 2 rings (SSSR count). The maximum Gasteiger partial charge on any atom is 0.0576 e. The highest BCUT2D eigenvalue weighted by Gasteiger charge is 2.17. The van der Waals surface area contributed by atoms with Crippen LogP contribution < -0.4 is 11.3 Å². The molecule has 3 N–H and O–H groups in total. The fourth-order valence-corrected chi connectivity index (χ4v) is 2.90. The molecule has 2 atom stereocenters. The van der Waals surface area contributed by atoms with E-state index in [0.717, 1.165) is 30.3 Å². The Morgan fingerprint density at radius 3 is 3.06 bits per heavy atom. The average molecular weight is 313 g/mol. The van der Waals surface area contributed by atoms with E-state index < -0.39 is 0 Å². The minimum absolute atomic E-state index is 0.323. The molecule has 100 valence electrons. The second-order valence-corrected chi connectivity index (χ2v) is 5.83. The zero-order chi connectivity index (χ0) is 12.8. The summed E-state index contributed by atoms with van der Waals surface area (Å²) in [7, 11) is 0. The minimum Gasteiger partial charge on any atom is -0.378 e. The van der Waals surface area contributed by atoms with Crippen LogP contribution in [-0.4, -0.2) is 18.8 Å². The molecule has 1 heterocycles. The van der Waals surface area contributed by atoms with Gasteiger partial charge in [0.1, 0.15) is 0 Å². The Labute approximate surface area is 117 Å². The summed E-state index contributed by atoms with van der Waals surface area (Å²) in [5, 5.41) is 0. The minimum atomic E-state index is 0.323. The summed E-state index contributed by atoms with van der Waals surface area (Å²) in [5.74, 6) is 5.64. The van der Waals surface area contributed by atoms with Crippen molar-refractivity contribution in [2.45, 2.75) is 44.2 Å². The largest absolute Gasteiger partial charge is 0.378 e. The third-order valence-corrected chi connectivity index (χ3v) is 3.96. The van der Waals surface area contributed by atoms with Crippen molar-refractivity contribution < 1.29 is 4.74 Å². The van der Waals surface area contributed by atoms with Crippen LogP contribution in [0.2, 0.25) is 0 Å². The molecule has 18 heavy (non-hydrogen) atoms. The van der Waals surface area contributed by atoms with Gasteiger partial charge in [-0.2, -0.15) is 0 Å². The number of hydrazine groups is 1. The molecule has 0 aliphatic carbocycles. The fraction of sp³-hybridized carbons (Fsp3) is 0.571. The topological polar surface area (TPSA) is 47.3 Å². The van der Waals surface area contributed by atoms with Crippen LogP contribution in [0.4, 0.5) is 0 Å². The van der Waals surface area contributed by atoms with Gasteiger partial charge in [-0.25, -0.2) is 0 Å². The number of nitrogens with two attached hydrogens (primary N) is 1. The third-order valence-electron chi connectivity index (χ3n) is 3.47. The summed E-state index contributed by atoms with van der Waals surface area (Å²) in [5.41, 5.74) is 4.23. The Balaban J connectivity index is 1.81. The van der Waals surface area contributed by atoms with Gasteiger partial charge in [-0.05, 0) is 49.8 Å². The van der Waals surface area contributed by atoms with Gasteiger partial charge in [0.05, 0.1) is 6.10 Å². The van der Waals surface area contributed by atoms with E-state index in [9.17, 15) is 0 Å². The molecular formula is C14H21BrN2O. The standard InChI is InChI=1S/C14H21BrN2O/c15-12-4-1-3-11(9-12)10-13(17-16)6-7-14-5-2-8-18-14/h1,3-4,9,13-14,17H,2,5-8,10,16H2. The van der Waals surface area contributed by atoms with Gasteiger partial charge in [0.25, 0.3) is 0 Å². The van der Waals surface area contributed by atoms with Crippen molar-refractivity contribution in [2.75, 3.05) is 6.61 Å². The van der Waals surface area contributed by atoms with Gasteiger partial charge < -0.3 is 4.74 Å². The first kappa shape index (κ1) is 14.0. The lowest BCUT2D eigenvalue weighted by molar-refractivity contribution is 0.0996. The highest BCUT2D eigenvalue weighted by Crippen LogP contribution is 2.19. The molecule has 4 heteroatoms. The number of rotatable bonds is 6. The van der Waals surface area contributed by atoms with Crippen molar-refractivity contribution in [1.82, 2.24) is 5.43 Å². The maximum absolute atomic E-state index is 5.64. The van der Waals surface area contributed by atoms with Crippen LogP contribution in [0.3, 0.4) is 0 Å². The Bertz CT molecular complexity index is 367. The summed E-state index contributed by atoms with van der Waals surface area (Å²) in [6, 6.07) is 8.72. The summed E-state index contributed by atoms with van der Waals surface area (Å²) in [6.07, 6.45) is 5.98. The van der Waals surface area contributed by atoms with E-state index in [4.69, 9.17) is 10.6 Å². The number of hydrogen-bond donors (Lipinski definition) is 2. The number of halogens is 1. The molecule has 0 bridgehead atoms. The molecule has 0 radical (unpaired) electrons. The summed E-state index contributed by atoms with van der Waals surface area (Å²) >= 11 is 3.50. The van der Waals surface area contributed by atoms with Crippen molar-refractivity contribution in [3.63, 3.8) is 0 Å². The first-order valence-corrected chi connectivity index (χ1v) is 7.39. The van der Waals surface area contributed by atoms with Gasteiger partial charge >= 0.3 is 0 Å². The van der Waals surface area contributed by atoms with E-state index in [1.807, 2.05) is 6.07 Å². The zero-order valence-corrected chi connectivity index (χ0v) is 12.2. The Morgan fingerprint density at radius 1 is 1.50 bits per heavy atom. The van der Waals surface area contributed by atoms with Crippen LogP contribution in [0.25, 0.3) is 0 Å². The monoisotopic (exact) mass is 312 g/mol. The summed E-state index contributed by atoms with van der Waals surface area (Å²) in [4.78, 5) is 0. The molecule has 1 fully saturated rings. The van der Waals surface area contributed by atoms with Crippen molar-refractivity contribution in [1.29, 1.82) is 0 Å². The Hall–Kier alpha value is -0.420. The normalized spacial score (nSPS) is 21.1. The van der Waals surface area contributed by atoms with Crippen LogP contribution >= 0.6 is 15.9 Å². The Morgan fingerprint density at radius 2 is 2.39 bits per heavy atom. The molecule has 1 aromatic rings. The first-order chi connectivity index (χ1) is 8.78. The van der Waals surface area contributed by atoms with Gasteiger partial charge in [0.2, 0.25) is 0 Å². The number of nitrogens with one attached hydrogen (secondary N) is 1. The number of ether oxygens (including phenoxy) is 1. The second kappa shape index (κ2) is 7.24. The van der Waals surface area contributed by atoms with E-state index in [1.54, 1.807) is 0 Å². The molecule has 1 aromatic carbocycles. The quantitative estimate of drug-likeness (QED) is 0.627. The second-order valence-electron chi connectivity index (χ2n) is 4.91. The van der Waals surface area contributed by atoms with Gasteiger partial charge in [-0.15, -0.1) is 0 Å². The van der Waals surface area contributed by atoms with Crippen LogP contribution in [0, 0.1) is 0 Å². The lowest BCUT2D eigenvalue weighted by atomic mass is 10.00. The maximum atomic E-state index is 5.64. The van der Waals surface area contributed by atoms with E-state index in [2.05, 4.69) is 39.6 Å². The van der Waals surface area contributed by atoms with Gasteiger partial charge in [0, 0.05) is 17.1 Å². The average Bonchev–Trinajstić information content (AvgIpc) is 2.87. The van der Waals surface area contributed by atoms with E-state index in [-0.39, 0.29) is 0 Å². The zero-order valence-electron chi connectivity index (χ0n) is 10.6. The highest BCUT2D eigenvalue weighted by atomic mass is 79.9. The predicted molar refractivity (Wildman–Crippen MR) is 77.2 cm³/mol. The lowest BCUT2D eigenvalue weighted by Crippen LogP contribution is -2.37. The van der Waals surface area contributed by atoms with Crippen LogP contribution in [0.15, 0.2) is 28.7 Å². The molecule has 1 aliphatic heterocycles. The van der Waals surface area contributed by atoms with Crippen LogP contribution in [-0.2, 0) is 11.2 Å². The molecule has 1 saturated heterocycles. The predicted octanol–water partition coefficient (Wildman–Crippen LogP) is 2.78. The van der Waals surface area contributed by atoms with Crippen molar-refractivity contribution in [3.05, 3.63) is 34.3 Å². The molecule has 0 aromatic heterocycles. The first-order valence-electron chi connectivity index (χ1n) is 6.60. The fourth-order valence-electron chi connectivity index (χ4n) is 2.45. The Kier molecular flexibility index (Phi) is 5.63. The SMILES string of the molecule is NNC(CCC1CCCO1)Cc1cccc(Br)c1. The number of benzene rings is 1. The molecule has 0 spiro atoms. The summed E-state index contributed by atoms with van der Waals surface area (Å²) in [6.45, 7) is 0.928. The van der Waals surface area contributed by atoms with Gasteiger partial charge in [-0.1, -0.05) is 28.1 Å². The third kappa shape index (κ3) is 4.35. The smallest absolute Gasteiger partial charge is 0.0576 e. The van der Waals surface area contributed by atoms with Gasteiger partial charge in [-0.3, -0.25) is 11.3 Å². The van der Waals surface area contributed by atoms with Crippen molar-refractivity contribution in [2.24, 2.45) is 5.84 Å². The van der Waals surface area contributed by atoms with E-state index in [1.165, 1.54) is 18.4 Å². The lowest BCUT2D eigenvalue weighted by Gasteiger charge is -2.18. The molecule has 0 saturated carbocycles. The molecule has 3 nitrogen and oxygen atoms in total. The van der Waals surface area contributed by atoms with Gasteiger partial charge in [0.15, 0.2) is 0 Å². The molecule has 2 unspecified atom stereocenters. The van der Waals surface area contributed by atoms with Crippen molar-refractivity contribution in [3.8, 4) is 0 Å². The molecular weight excluding hydrogens is 292 g/mol. The summed E-state index contributed by atoms with van der Waals surface area (Å²) < 4.78 is 6.76. The molecule has 1 aliphatic rings. The number of hydrogen-bond acceptors (Lipinski definition) is 3. The van der Waals surface area contributed by atoms with Crippen molar-refractivity contribution >= 4 is 15.9 Å².